The summed E-state index contributed by atoms with van der Waals surface area (Å²) >= 11 is 0. The van der Waals surface area contributed by atoms with Crippen molar-refractivity contribution in [2.45, 2.75) is 19.4 Å². The highest BCUT2D eigenvalue weighted by Gasteiger charge is 2.23. The van der Waals surface area contributed by atoms with Gasteiger partial charge in [-0.1, -0.05) is 5.16 Å². The van der Waals surface area contributed by atoms with Gasteiger partial charge in [0.25, 0.3) is 0 Å². The van der Waals surface area contributed by atoms with Crippen LogP contribution in [0.3, 0.4) is 0 Å². The molecule has 80 valence electrons. The van der Waals surface area contributed by atoms with Crippen LogP contribution in [0.5, 0.6) is 0 Å². The van der Waals surface area contributed by atoms with Crippen molar-refractivity contribution < 1.29 is 14.7 Å². The molecule has 0 radical (unpaired) electrons. The van der Waals surface area contributed by atoms with Gasteiger partial charge in [0.1, 0.15) is 5.84 Å². The van der Waals surface area contributed by atoms with Crippen LogP contribution in [-0.4, -0.2) is 47.7 Å². The molecule has 3 N–H and O–H groups in total. The van der Waals surface area contributed by atoms with Gasteiger partial charge in [-0.3, -0.25) is 4.79 Å². The van der Waals surface area contributed by atoms with Crippen molar-refractivity contribution in [2.24, 2.45) is 10.9 Å². The molecule has 0 aromatic heterocycles. The Morgan fingerprint density at radius 2 is 2.50 bits per heavy atom. The maximum Gasteiger partial charge on any atom is 0.230 e. The summed E-state index contributed by atoms with van der Waals surface area (Å²) in [5.41, 5.74) is 5.25. The molecule has 0 spiro atoms. The summed E-state index contributed by atoms with van der Waals surface area (Å²) in [5, 5.41) is 11.1. The van der Waals surface area contributed by atoms with Crippen LogP contribution < -0.4 is 5.73 Å². The largest absolute Gasteiger partial charge is 0.409 e. The fourth-order valence-corrected chi connectivity index (χ4v) is 1.39. The lowest BCUT2D eigenvalue weighted by Crippen LogP contribution is -2.48. The molecule has 6 heteroatoms. The number of carbonyl (C=O) groups excluding carboxylic acids is 1. The SMILES string of the molecule is CC1COCCN1C(=O)C/C(N)=N/O. The van der Waals surface area contributed by atoms with Gasteiger partial charge >= 0.3 is 0 Å². The van der Waals surface area contributed by atoms with Gasteiger partial charge in [0.15, 0.2) is 0 Å². The van der Waals surface area contributed by atoms with E-state index in [1.165, 1.54) is 0 Å². The molecule has 1 saturated heterocycles. The molecule has 0 aliphatic carbocycles. The number of oxime groups is 1. The lowest BCUT2D eigenvalue weighted by molar-refractivity contribution is -0.137. The monoisotopic (exact) mass is 201 g/mol. The quantitative estimate of drug-likeness (QED) is 0.269. The summed E-state index contributed by atoms with van der Waals surface area (Å²) in [7, 11) is 0. The molecule has 0 aromatic carbocycles. The second kappa shape index (κ2) is 4.80. The second-order valence-electron chi connectivity index (χ2n) is 3.28. The summed E-state index contributed by atoms with van der Waals surface area (Å²) in [6.07, 6.45) is -0.0408. The van der Waals surface area contributed by atoms with Crippen LogP contribution in [0.1, 0.15) is 13.3 Å². The van der Waals surface area contributed by atoms with E-state index in [4.69, 9.17) is 15.7 Å². The second-order valence-corrected chi connectivity index (χ2v) is 3.28. The minimum atomic E-state index is -0.129. The predicted octanol–water partition coefficient (Wildman–Crippen LogP) is -0.630. The van der Waals surface area contributed by atoms with Crippen molar-refractivity contribution >= 4 is 11.7 Å². The number of nitrogens with zero attached hydrogens (tertiary/aromatic N) is 2. The summed E-state index contributed by atoms with van der Waals surface area (Å²) in [6, 6.07) is 0.0581. The van der Waals surface area contributed by atoms with E-state index in [1.54, 1.807) is 4.90 Å². The van der Waals surface area contributed by atoms with Crippen LogP contribution in [0.15, 0.2) is 5.16 Å². The number of amidine groups is 1. The fraction of sp³-hybridized carbons (Fsp3) is 0.750. The first-order chi connectivity index (χ1) is 6.65. The molecular formula is C8H15N3O3. The number of hydrogen-bond donors (Lipinski definition) is 2. The maximum atomic E-state index is 11.6. The highest BCUT2D eigenvalue weighted by atomic mass is 16.5. The van der Waals surface area contributed by atoms with Crippen LogP contribution in [0.4, 0.5) is 0 Å². The predicted molar refractivity (Wildman–Crippen MR) is 50.0 cm³/mol. The molecule has 6 nitrogen and oxygen atoms in total. The van der Waals surface area contributed by atoms with E-state index in [0.717, 1.165) is 0 Å². The van der Waals surface area contributed by atoms with Crippen molar-refractivity contribution in [3.8, 4) is 0 Å². The molecule has 0 bridgehead atoms. The zero-order chi connectivity index (χ0) is 10.6. The number of amides is 1. The van der Waals surface area contributed by atoms with Crippen LogP contribution in [0.2, 0.25) is 0 Å². The van der Waals surface area contributed by atoms with Gasteiger partial charge in [-0.15, -0.1) is 0 Å². The zero-order valence-electron chi connectivity index (χ0n) is 8.14. The van der Waals surface area contributed by atoms with E-state index in [0.29, 0.717) is 19.8 Å². The number of hydrogen-bond acceptors (Lipinski definition) is 4. The van der Waals surface area contributed by atoms with E-state index >= 15 is 0 Å². The van der Waals surface area contributed by atoms with Gasteiger partial charge in [-0.2, -0.15) is 0 Å². The average molecular weight is 201 g/mol. The molecule has 0 saturated carbocycles. The average Bonchev–Trinajstić information content (AvgIpc) is 2.18. The van der Waals surface area contributed by atoms with Crippen molar-refractivity contribution in [1.82, 2.24) is 4.90 Å². The van der Waals surface area contributed by atoms with Gasteiger partial charge < -0.3 is 20.6 Å². The minimum absolute atomic E-state index is 0.0408. The Morgan fingerprint density at radius 1 is 1.79 bits per heavy atom. The Morgan fingerprint density at radius 3 is 3.07 bits per heavy atom. The molecule has 1 atom stereocenters. The summed E-state index contributed by atoms with van der Waals surface area (Å²) < 4.78 is 5.19. The summed E-state index contributed by atoms with van der Waals surface area (Å²) in [5.74, 6) is -0.190. The van der Waals surface area contributed by atoms with Gasteiger partial charge in [0.2, 0.25) is 5.91 Å². The molecule has 1 amide bonds. The van der Waals surface area contributed by atoms with Crippen molar-refractivity contribution in [2.75, 3.05) is 19.8 Å². The summed E-state index contributed by atoms with van der Waals surface area (Å²) in [4.78, 5) is 13.3. The first kappa shape index (κ1) is 10.8. The van der Waals surface area contributed by atoms with Crippen LogP contribution in [0.25, 0.3) is 0 Å². The normalized spacial score (nSPS) is 23.6. The van der Waals surface area contributed by atoms with E-state index in [1.807, 2.05) is 6.92 Å². The lowest BCUT2D eigenvalue weighted by atomic mass is 10.2. The van der Waals surface area contributed by atoms with Gasteiger partial charge in [0.05, 0.1) is 25.7 Å². The molecule has 1 aliphatic heterocycles. The summed E-state index contributed by atoms with van der Waals surface area (Å²) in [6.45, 7) is 3.57. The molecule has 1 heterocycles. The first-order valence-electron chi connectivity index (χ1n) is 4.48. The third kappa shape index (κ3) is 2.59. The Kier molecular flexibility index (Phi) is 3.70. The van der Waals surface area contributed by atoms with Crippen molar-refractivity contribution in [3.63, 3.8) is 0 Å². The standard InChI is InChI=1S/C8H15N3O3/c1-6-5-14-3-2-11(6)8(12)4-7(9)10-13/h6,13H,2-5H2,1H3,(H2,9,10). The third-order valence-corrected chi connectivity index (χ3v) is 2.15. The van der Waals surface area contributed by atoms with Crippen LogP contribution >= 0.6 is 0 Å². The maximum absolute atomic E-state index is 11.6. The Labute approximate surface area is 82.3 Å². The van der Waals surface area contributed by atoms with E-state index in [-0.39, 0.29) is 24.2 Å². The fourth-order valence-electron chi connectivity index (χ4n) is 1.39. The molecule has 1 unspecified atom stereocenters. The Hall–Kier alpha value is -1.30. The minimum Gasteiger partial charge on any atom is -0.409 e. The van der Waals surface area contributed by atoms with Crippen LogP contribution in [0, 0.1) is 0 Å². The molecular weight excluding hydrogens is 186 g/mol. The number of rotatable bonds is 2. The topological polar surface area (TPSA) is 88.2 Å². The number of nitrogens with two attached hydrogens (primary N) is 1. The van der Waals surface area contributed by atoms with Gasteiger partial charge in [-0.25, -0.2) is 0 Å². The van der Waals surface area contributed by atoms with Crippen LogP contribution in [-0.2, 0) is 9.53 Å². The Balaban J connectivity index is 2.50. The van der Waals surface area contributed by atoms with Gasteiger partial charge in [-0.05, 0) is 6.92 Å². The molecule has 1 aliphatic rings. The van der Waals surface area contributed by atoms with E-state index < -0.39 is 0 Å². The molecule has 14 heavy (non-hydrogen) atoms. The number of ether oxygens (including phenoxy) is 1. The molecule has 0 aromatic rings. The number of morpholine rings is 1. The van der Waals surface area contributed by atoms with Crippen molar-refractivity contribution in [3.05, 3.63) is 0 Å². The zero-order valence-corrected chi connectivity index (χ0v) is 8.14. The molecule has 1 fully saturated rings. The lowest BCUT2D eigenvalue weighted by Gasteiger charge is -2.33. The number of carbonyl (C=O) groups is 1. The third-order valence-electron chi connectivity index (χ3n) is 2.15. The van der Waals surface area contributed by atoms with E-state index in [9.17, 15) is 4.79 Å². The first-order valence-corrected chi connectivity index (χ1v) is 4.48. The van der Waals surface area contributed by atoms with E-state index in [2.05, 4.69) is 5.16 Å². The smallest absolute Gasteiger partial charge is 0.230 e. The highest BCUT2D eigenvalue weighted by Crippen LogP contribution is 2.07. The Bertz CT molecular complexity index is 242. The van der Waals surface area contributed by atoms with Gasteiger partial charge in [0, 0.05) is 6.54 Å². The molecule has 1 rings (SSSR count). The van der Waals surface area contributed by atoms with Crippen molar-refractivity contribution in [1.29, 1.82) is 0 Å². The highest BCUT2D eigenvalue weighted by molar-refractivity contribution is 5.98.